The van der Waals surface area contributed by atoms with Crippen LogP contribution < -0.4 is 16.3 Å². The van der Waals surface area contributed by atoms with Gasteiger partial charge in [-0.2, -0.15) is 0 Å². The summed E-state index contributed by atoms with van der Waals surface area (Å²) in [7, 11) is 0. The molecule has 188 valence electrons. The van der Waals surface area contributed by atoms with Gasteiger partial charge in [-0.1, -0.05) is 68.4 Å². The minimum Gasteiger partial charge on any atom is -0.391 e. The Hall–Kier alpha value is -4.30. The van der Waals surface area contributed by atoms with Crippen molar-refractivity contribution < 1.29 is 9.90 Å². The van der Waals surface area contributed by atoms with Crippen LogP contribution in [0.25, 0.3) is 22.5 Å². The van der Waals surface area contributed by atoms with Crippen LogP contribution in [0, 0.1) is 6.92 Å². The van der Waals surface area contributed by atoms with Gasteiger partial charge in [0.05, 0.1) is 29.2 Å². The lowest BCUT2D eigenvalue weighted by Crippen LogP contribution is -2.45. The summed E-state index contributed by atoms with van der Waals surface area (Å²) in [5, 5.41) is 16.9. The molecule has 4 N–H and O–H groups in total. The number of hydrogen-bond donors (Lipinski definition) is 4. The molecule has 1 aliphatic rings. The number of aryl methyl sites for hydroxylation is 1. The Kier molecular flexibility index (Phi) is 6.35. The third-order valence-electron chi connectivity index (χ3n) is 6.87. The Bertz CT molecular complexity index is 1490. The van der Waals surface area contributed by atoms with Crippen molar-refractivity contribution in [3.05, 3.63) is 100 Å². The number of aromatic nitrogens is 3. The normalized spacial score (nSPS) is 18.1. The van der Waals surface area contributed by atoms with Crippen LogP contribution >= 0.6 is 0 Å². The number of carbonyl (C=O) groups is 1. The monoisotopic (exact) mass is 495 g/mol. The fourth-order valence-corrected chi connectivity index (χ4v) is 5.10. The van der Waals surface area contributed by atoms with Crippen LogP contribution in [0.4, 0.5) is 10.5 Å². The van der Waals surface area contributed by atoms with Crippen LogP contribution in [0.15, 0.2) is 77.9 Å². The average Bonchev–Trinajstić information content (AvgIpc) is 2.88. The Labute approximate surface area is 214 Å². The molecule has 5 rings (SSSR count). The molecule has 0 aliphatic heterocycles. The third-order valence-corrected chi connectivity index (χ3v) is 6.87. The van der Waals surface area contributed by atoms with E-state index in [9.17, 15) is 14.7 Å². The molecule has 1 aliphatic carbocycles. The molecule has 2 heterocycles. The number of aliphatic hydroxyl groups excluding tert-OH is 1. The quantitative estimate of drug-likeness (QED) is 0.327. The molecule has 2 aromatic carbocycles. The predicted octanol–water partition coefficient (Wildman–Crippen LogP) is 4.71. The smallest absolute Gasteiger partial charge is 0.344 e. The second kappa shape index (κ2) is 9.63. The summed E-state index contributed by atoms with van der Waals surface area (Å²) in [6.07, 6.45) is 2.86. The van der Waals surface area contributed by atoms with E-state index in [1.807, 2.05) is 61.5 Å². The number of hydrogen-bond acceptors (Lipinski definition) is 5. The zero-order valence-electron chi connectivity index (χ0n) is 20.9. The SMILES string of the molecule is Cc1cc(NC(=O)NC2c3ccccc3C(C)(C)C[C@H]2O)c(-c2ccccc2)nc1-c1cnc(=O)[nH]c1. The molecule has 0 spiro atoms. The van der Waals surface area contributed by atoms with Gasteiger partial charge in [-0.25, -0.2) is 19.6 Å². The van der Waals surface area contributed by atoms with Gasteiger partial charge < -0.3 is 20.7 Å². The Balaban J connectivity index is 1.49. The minimum atomic E-state index is -0.723. The number of anilines is 1. The molecule has 8 heteroatoms. The number of nitrogens with zero attached hydrogens (tertiary/aromatic N) is 2. The number of rotatable bonds is 4. The van der Waals surface area contributed by atoms with E-state index in [0.717, 1.165) is 22.3 Å². The minimum absolute atomic E-state index is 0.196. The number of fused-ring (bicyclic) bond motifs is 1. The van der Waals surface area contributed by atoms with Gasteiger partial charge in [0.2, 0.25) is 0 Å². The van der Waals surface area contributed by atoms with Gasteiger partial charge in [0.25, 0.3) is 0 Å². The van der Waals surface area contributed by atoms with Crippen LogP contribution in [0.5, 0.6) is 0 Å². The fourth-order valence-electron chi connectivity index (χ4n) is 5.10. The van der Waals surface area contributed by atoms with Crippen LogP contribution in [0.2, 0.25) is 0 Å². The van der Waals surface area contributed by atoms with E-state index in [2.05, 4.69) is 40.5 Å². The number of benzene rings is 2. The standard InChI is InChI=1S/C29H29N5O3/c1-17-13-22(25(18-9-5-4-6-10-18)33-24(17)19-15-30-27(36)31-16-19)32-28(37)34-26-20-11-7-8-12-21(20)29(2,3)14-23(26)35/h4-13,15-16,23,26,35H,14H2,1-3H3,(H,30,31,36)(H2,32,34,37)/t23-,26?/m1/s1. The Morgan fingerprint density at radius 2 is 1.78 bits per heavy atom. The zero-order chi connectivity index (χ0) is 26.2. The molecule has 2 amide bonds. The molecule has 0 fully saturated rings. The van der Waals surface area contributed by atoms with Crippen LogP contribution in [-0.4, -0.2) is 32.2 Å². The first-order valence-electron chi connectivity index (χ1n) is 12.2. The van der Waals surface area contributed by atoms with Gasteiger partial charge in [-0.15, -0.1) is 0 Å². The highest BCUT2D eigenvalue weighted by Gasteiger charge is 2.39. The van der Waals surface area contributed by atoms with E-state index >= 15 is 0 Å². The van der Waals surface area contributed by atoms with Gasteiger partial charge in [0.15, 0.2) is 0 Å². The molecule has 0 saturated heterocycles. The van der Waals surface area contributed by atoms with E-state index < -0.39 is 23.9 Å². The first-order valence-corrected chi connectivity index (χ1v) is 12.2. The second-order valence-corrected chi connectivity index (χ2v) is 10.0. The number of carbonyl (C=O) groups excluding carboxylic acids is 1. The lowest BCUT2D eigenvalue weighted by atomic mass is 9.70. The molecule has 0 saturated carbocycles. The zero-order valence-corrected chi connectivity index (χ0v) is 20.9. The van der Waals surface area contributed by atoms with Crippen molar-refractivity contribution in [1.29, 1.82) is 0 Å². The van der Waals surface area contributed by atoms with Crippen molar-refractivity contribution in [2.24, 2.45) is 0 Å². The number of nitrogens with one attached hydrogen (secondary N) is 3. The number of H-pyrrole nitrogens is 1. The number of urea groups is 1. The van der Waals surface area contributed by atoms with E-state index in [1.54, 1.807) is 6.20 Å². The molecule has 2 atom stereocenters. The topological polar surface area (TPSA) is 120 Å². The lowest BCUT2D eigenvalue weighted by molar-refractivity contribution is 0.0883. The van der Waals surface area contributed by atoms with E-state index in [-0.39, 0.29) is 5.41 Å². The lowest BCUT2D eigenvalue weighted by Gasteiger charge is -2.40. The highest BCUT2D eigenvalue weighted by atomic mass is 16.3. The predicted molar refractivity (Wildman–Crippen MR) is 143 cm³/mol. The van der Waals surface area contributed by atoms with Crippen molar-refractivity contribution in [3.8, 4) is 22.5 Å². The number of amides is 2. The summed E-state index contributed by atoms with van der Waals surface area (Å²) in [4.78, 5) is 36.0. The van der Waals surface area contributed by atoms with Gasteiger partial charge in [-0.3, -0.25) is 0 Å². The fraction of sp³-hybridized carbons (Fsp3) is 0.241. The summed E-state index contributed by atoms with van der Waals surface area (Å²) in [5.41, 5.74) is 5.44. The van der Waals surface area contributed by atoms with Crippen molar-refractivity contribution in [2.75, 3.05) is 5.32 Å². The molecule has 0 radical (unpaired) electrons. The largest absolute Gasteiger partial charge is 0.391 e. The number of pyridine rings is 1. The Morgan fingerprint density at radius 3 is 2.51 bits per heavy atom. The van der Waals surface area contributed by atoms with Crippen molar-refractivity contribution in [1.82, 2.24) is 20.3 Å². The molecule has 2 aromatic heterocycles. The Morgan fingerprint density at radius 1 is 1.05 bits per heavy atom. The van der Waals surface area contributed by atoms with Crippen molar-refractivity contribution in [2.45, 2.75) is 44.8 Å². The average molecular weight is 496 g/mol. The first-order chi connectivity index (χ1) is 17.7. The van der Waals surface area contributed by atoms with Gasteiger partial charge in [-0.05, 0) is 41.5 Å². The van der Waals surface area contributed by atoms with Gasteiger partial charge in [0, 0.05) is 23.5 Å². The molecular weight excluding hydrogens is 466 g/mol. The van der Waals surface area contributed by atoms with Gasteiger partial charge >= 0.3 is 11.7 Å². The highest BCUT2D eigenvalue weighted by Crippen LogP contribution is 2.41. The maximum atomic E-state index is 13.3. The van der Waals surface area contributed by atoms with Crippen molar-refractivity contribution >= 4 is 11.7 Å². The molecular formula is C29H29N5O3. The van der Waals surface area contributed by atoms with Crippen LogP contribution in [0.1, 0.15) is 43.0 Å². The van der Waals surface area contributed by atoms with E-state index in [0.29, 0.717) is 29.1 Å². The van der Waals surface area contributed by atoms with Crippen LogP contribution in [0.3, 0.4) is 0 Å². The van der Waals surface area contributed by atoms with E-state index in [4.69, 9.17) is 4.98 Å². The summed E-state index contributed by atoms with van der Waals surface area (Å²) < 4.78 is 0. The molecule has 37 heavy (non-hydrogen) atoms. The maximum absolute atomic E-state index is 13.3. The van der Waals surface area contributed by atoms with E-state index in [1.165, 1.54) is 6.20 Å². The van der Waals surface area contributed by atoms with Crippen LogP contribution in [-0.2, 0) is 5.41 Å². The summed E-state index contributed by atoms with van der Waals surface area (Å²) >= 11 is 0. The highest BCUT2D eigenvalue weighted by molar-refractivity contribution is 5.94. The van der Waals surface area contributed by atoms with Crippen molar-refractivity contribution in [3.63, 3.8) is 0 Å². The maximum Gasteiger partial charge on any atom is 0.344 e. The number of aromatic amines is 1. The molecule has 4 aromatic rings. The number of aliphatic hydroxyl groups is 1. The third kappa shape index (κ3) is 4.88. The molecule has 8 nitrogen and oxygen atoms in total. The van der Waals surface area contributed by atoms with Gasteiger partial charge in [0.1, 0.15) is 0 Å². The molecule has 0 bridgehead atoms. The summed E-state index contributed by atoms with van der Waals surface area (Å²) in [6.45, 7) is 6.09. The molecule has 1 unspecified atom stereocenters. The summed E-state index contributed by atoms with van der Waals surface area (Å²) in [5.74, 6) is 0. The summed E-state index contributed by atoms with van der Waals surface area (Å²) in [6, 6.07) is 18.3. The first kappa shape index (κ1) is 24.4. The second-order valence-electron chi connectivity index (χ2n) is 10.0.